The zero-order valence-corrected chi connectivity index (χ0v) is 20.7. The minimum Gasteiger partial charge on any atom is -0.390 e. The summed E-state index contributed by atoms with van der Waals surface area (Å²) in [5.41, 5.74) is -1.97. The van der Waals surface area contributed by atoms with Crippen molar-refractivity contribution < 1.29 is 26.8 Å². The van der Waals surface area contributed by atoms with Crippen LogP contribution >= 0.6 is 0 Å². The van der Waals surface area contributed by atoms with Gasteiger partial charge in [-0.3, -0.25) is 9.51 Å². The van der Waals surface area contributed by atoms with E-state index >= 15 is 8.78 Å². The van der Waals surface area contributed by atoms with Gasteiger partial charge in [0.1, 0.15) is 16.9 Å². The van der Waals surface area contributed by atoms with Gasteiger partial charge in [0.25, 0.3) is 0 Å². The first-order chi connectivity index (χ1) is 16.9. The summed E-state index contributed by atoms with van der Waals surface area (Å²) >= 11 is 0. The van der Waals surface area contributed by atoms with Crippen LogP contribution in [0.4, 0.5) is 8.78 Å². The molecule has 2 unspecified atom stereocenters. The second-order valence-corrected chi connectivity index (χ2v) is 12.3. The van der Waals surface area contributed by atoms with Gasteiger partial charge in [-0.1, -0.05) is 35.5 Å². The molecule has 11 heteroatoms. The maximum absolute atomic E-state index is 15.5. The Morgan fingerprint density at radius 3 is 2.47 bits per heavy atom. The number of aliphatic hydroxyl groups is 1. The van der Waals surface area contributed by atoms with E-state index in [0.717, 1.165) is 12.1 Å². The highest BCUT2D eigenvalue weighted by Crippen LogP contribution is 2.54. The van der Waals surface area contributed by atoms with Gasteiger partial charge in [0.2, 0.25) is 10.0 Å². The number of sulfonamides is 1. The van der Waals surface area contributed by atoms with Crippen LogP contribution in [-0.4, -0.2) is 39.6 Å². The number of nitrogens with zero attached hydrogens (tertiary/aromatic N) is 2. The van der Waals surface area contributed by atoms with Crippen LogP contribution in [0.5, 0.6) is 0 Å². The summed E-state index contributed by atoms with van der Waals surface area (Å²) < 4.78 is 63.7. The van der Waals surface area contributed by atoms with Gasteiger partial charge in [-0.15, -0.1) is 0 Å². The molecule has 2 N–H and O–H groups in total. The number of benzene rings is 2. The standard InChI is InChI=1S/C25H27F2N3O5S/c1-15-8-9-21(16-6-4-3-5-7-16)36(33,34)30(15)12-17-10-20(27)18(11-19(17)26)25(13-24(2,32)14-25)22-28-23(31)35-29-22/h3-7,10-11,15,21,32H,8-9,12-14H2,1-2H3,(H,28,29,31). The van der Waals surface area contributed by atoms with E-state index < -0.39 is 43.7 Å². The zero-order valence-electron chi connectivity index (χ0n) is 19.9. The Morgan fingerprint density at radius 2 is 1.86 bits per heavy atom. The van der Waals surface area contributed by atoms with Crippen LogP contribution in [0.2, 0.25) is 0 Å². The number of hydrogen-bond acceptors (Lipinski definition) is 6. The van der Waals surface area contributed by atoms with E-state index in [2.05, 4.69) is 14.7 Å². The Bertz CT molecular complexity index is 1440. The molecular formula is C25H27F2N3O5S. The Balaban J connectivity index is 1.49. The Hall–Kier alpha value is -2.89. The Morgan fingerprint density at radius 1 is 1.17 bits per heavy atom. The van der Waals surface area contributed by atoms with Crippen molar-refractivity contribution in [1.29, 1.82) is 0 Å². The second kappa shape index (κ2) is 8.60. The number of aromatic nitrogens is 2. The predicted molar refractivity (Wildman–Crippen MR) is 126 cm³/mol. The molecule has 1 aromatic heterocycles. The molecule has 0 radical (unpaired) electrons. The highest BCUT2D eigenvalue weighted by atomic mass is 32.2. The lowest BCUT2D eigenvalue weighted by atomic mass is 9.56. The summed E-state index contributed by atoms with van der Waals surface area (Å²) in [4.78, 5) is 13.9. The smallest absolute Gasteiger partial charge is 0.390 e. The molecule has 1 aliphatic heterocycles. The van der Waals surface area contributed by atoms with Gasteiger partial charge in [0, 0.05) is 23.7 Å². The minimum atomic E-state index is -3.83. The fourth-order valence-electron chi connectivity index (χ4n) is 5.77. The third kappa shape index (κ3) is 4.08. The zero-order chi connectivity index (χ0) is 25.9. The molecule has 192 valence electrons. The summed E-state index contributed by atoms with van der Waals surface area (Å²) in [6.07, 6.45) is 1.01. The number of hydrogen-bond donors (Lipinski definition) is 2. The molecule has 2 aromatic carbocycles. The molecule has 36 heavy (non-hydrogen) atoms. The molecule has 2 aliphatic rings. The number of H-pyrrole nitrogens is 1. The maximum Gasteiger partial charge on any atom is 0.438 e. The molecule has 0 bridgehead atoms. The van der Waals surface area contributed by atoms with Gasteiger partial charge < -0.3 is 5.11 Å². The second-order valence-electron chi connectivity index (χ2n) is 10.2. The van der Waals surface area contributed by atoms with E-state index in [-0.39, 0.29) is 42.4 Å². The average molecular weight is 520 g/mol. The molecule has 3 aromatic rings. The lowest BCUT2D eigenvalue weighted by Gasteiger charge is -2.50. The molecule has 0 spiro atoms. The highest BCUT2D eigenvalue weighted by molar-refractivity contribution is 7.89. The summed E-state index contributed by atoms with van der Waals surface area (Å²) in [6.45, 7) is 2.99. The summed E-state index contributed by atoms with van der Waals surface area (Å²) in [5.74, 6) is -2.41. The lowest BCUT2D eigenvalue weighted by molar-refractivity contribution is -0.0654. The lowest BCUT2D eigenvalue weighted by Crippen LogP contribution is -2.54. The van der Waals surface area contributed by atoms with Crippen molar-refractivity contribution >= 4 is 10.0 Å². The van der Waals surface area contributed by atoms with Crippen LogP contribution in [0.3, 0.4) is 0 Å². The molecule has 2 atom stereocenters. The number of nitrogens with one attached hydrogen (secondary N) is 1. The van der Waals surface area contributed by atoms with Crippen molar-refractivity contribution in [3.8, 4) is 0 Å². The molecular weight excluding hydrogens is 492 g/mol. The van der Waals surface area contributed by atoms with Gasteiger partial charge in [-0.05, 0) is 57.2 Å². The van der Waals surface area contributed by atoms with Gasteiger partial charge in [-0.25, -0.2) is 22.0 Å². The van der Waals surface area contributed by atoms with Crippen LogP contribution in [0.15, 0.2) is 51.8 Å². The fraction of sp³-hybridized carbons (Fsp3) is 0.440. The maximum atomic E-state index is 15.5. The monoisotopic (exact) mass is 519 g/mol. The molecule has 5 rings (SSSR count). The van der Waals surface area contributed by atoms with Crippen LogP contribution in [-0.2, 0) is 22.0 Å². The molecule has 1 aliphatic carbocycles. The molecule has 1 saturated carbocycles. The largest absolute Gasteiger partial charge is 0.438 e. The van der Waals surface area contributed by atoms with E-state index in [4.69, 9.17) is 0 Å². The van der Waals surface area contributed by atoms with E-state index in [1.165, 1.54) is 4.31 Å². The first-order valence-electron chi connectivity index (χ1n) is 11.8. The molecule has 8 nitrogen and oxygen atoms in total. The van der Waals surface area contributed by atoms with Crippen LogP contribution in [0.25, 0.3) is 0 Å². The Kier molecular flexibility index (Phi) is 5.92. The summed E-state index contributed by atoms with van der Waals surface area (Å²) in [7, 11) is -3.83. The third-order valence-corrected chi connectivity index (χ3v) is 9.80. The first-order valence-corrected chi connectivity index (χ1v) is 13.3. The first kappa shape index (κ1) is 24.8. The molecule has 1 saturated heterocycles. The van der Waals surface area contributed by atoms with Crippen LogP contribution < -0.4 is 5.76 Å². The number of rotatable bonds is 5. The van der Waals surface area contributed by atoms with Gasteiger partial charge in [0.15, 0.2) is 5.82 Å². The van der Waals surface area contributed by atoms with Gasteiger partial charge in [0.05, 0.1) is 11.0 Å². The van der Waals surface area contributed by atoms with Gasteiger partial charge in [-0.2, -0.15) is 4.31 Å². The van der Waals surface area contributed by atoms with E-state index in [1.54, 1.807) is 38.1 Å². The van der Waals surface area contributed by atoms with Crippen LogP contribution in [0.1, 0.15) is 67.3 Å². The quantitative estimate of drug-likeness (QED) is 0.533. The van der Waals surface area contributed by atoms with Crippen molar-refractivity contribution in [2.45, 2.75) is 68.4 Å². The molecule has 2 fully saturated rings. The molecule has 0 amide bonds. The number of halogens is 2. The topological polar surface area (TPSA) is 117 Å². The predicted octanol–water partition coefficient (Wildman–Crippen LogP) is 3.53. The SMILES string of the molecule is CC1CCC(c2ccccc2)S(=O)(=O)N1Cc1cc(F)c(C2(c3noc(=O)[nH]3)CC(C)(O)C2)cc1F. The molecule has 2 heterocycles. The van der Waals surface area contributed by atoms with Crippen LogP contribution in [0, 0.1) is 11.6 Å². The van der Waals surface area contributed by atoms with E-state index in [9.17, 15) is 18.3 Å². The highest BCUT2D eigenvalue weighted by Gasteiger charge is 2.57. The average Bonchev–Trinajstić information content (AvgIpc) is 3.23. The van der Waals surface area contributed by atoms with Crippen molar-refractivity contribution in [3.63, 3.8) is 0 Å². The minimum absolute atomic E-state index is 0.00279. The normalized spacial score (nSPS) is 30.1. The number of aromatic amines is 1. The third-order valence-electron chi connectivity index (χ3n) is 7.43. The van der Waals surface area contributed by atoms with E-state index in [0.29, 0.717) is 18.4 Å². The Labute approximate surface area is 207 Å². The van der Waals surface area contributed by atoms with Crippen molar-refractivity contribution in [2.24, 2.45) is 0 Å². The van der Waals surface area contributed by atoms with Crippen molar-refractivity contribution in [2.75, 3.05) is 0 Å². The summed E-state index contributed by atoms with van der Waals surface area (Å²) in [5, 5.41) is 13.3. The van der Waals surface area contributed by atoms with Crippen molar-refractivity contribution in [3.05, 3.63) is 87.2 Å². The summed E-state index contributed by atoms with van der Waals surface area (Å²) in [6, 6.07) is 10.5. The van der Waals surface area contributed by atoms with Crippen molar-refractivity contribution in [1.82, 2.24) is 14.4 Å². The van der Waals surface area contributed by atoms with Gasteiger partial charge >= 0.3 is 5.76 Å². The van der Waals surface area contributed by atoms with E-state index in [1.807, 2.05) is 6.07 Å². The fourth-order valence-corrected chi connectivity index (χ4v) is 7.95.